The highest BCUT2D eigenvalue weighted by atomic mass is 32.2. The Labute approximate surface area is 250 Å². The molecule has 0 saturated carbocycles. The molecule has 2 fully saturated rings. The molecule has 3 unspecified atom stereocenters. The summed E-state index contributed by atoms with van der Waals surface area (Å²) in [5.41, 5.74) is -1.35. The first-order valence-electron chi connectivity index (χ1n) is 13.9. The van der Waals surface area contributed by atoms with E-state index in [1.165, 1.54) is 41.4 Å². The number of esters is 1. The molecule has 0 radical (unpaired) electrons. The third kappa shape index (κ3) is 6.64. The van der Waals surface area contributed by atoms with Gasteiger partial charge >= 0.3 is 12.1 Å². The monoisotopic (exact) mass is 616 g/mol. The van der Waals surface area contributed by atoms with E-state index in [2.05, 4.69) is 5.32 Å². The zero-order chi connectivity index (χ0) is 31.7. The van der Waals surface area contributed by atoms with E-state index in [9.17, 15) is 32.9 Å². The number of carbonyl (C=O) groups is 3. The Morgan fingerprint density at radius 2 is 1.74 bits per heavy atom. The van der Waals surface area contributed by atoms with Crippen molar-refractivity contribution in [1.82, 2.24) is 15.3 Å². The van der Waals surface area contributed by atoms with Gasteiger partial charge in [0.05, 0.1) is 16.4 Å². The third-order valence-corrected chi connectivity index (χ3v) is 9.53. The van der Waals surface area contributed by atoms with Crippen molar-refractivity contribution in [2.45, 2.75) is 74.8 Å². The van der Waals surface area contributed by atoms with Gasteiger partial charge in [0.2, 0.25) is 0 Å². The lowest BCUT2D eigenvalue weighted by Crippen LogP contribution is -2.69. The van der Waals surface area contributed by atoms with Crippen LogP contribution in [-0.2, 0) is 35.3 Å². The summed E-state index contributed by atoms with van der Waals surface area (Å²) in [6.45, 7) is 8.32. The molecule has 2 aliphatic rings. The van der Waals surface area contributed by atoms with Crippen LogP contribution in [0.2, 0.25) is 0 Å². The molecule has 4 rings (SSSR count). The van der Waals surface area contributed by atoms with Crippen molar-refractivity contribution in [2.24, 2.45) is 0 Å². The first-order chi connectivity index (χ1) is 20.1. The van der Waals surface area contributed by atoms with E-state index in [4.69, 9.17) is 9.47 Å². The molecule has 2 amide bonds. The largest absolute Gasteiger partial charge is 0.464 e. The van der Waals surface area contributed by atoms with Gasteiger partial charge in [0.1, 0.15) is 16.4 Å². The fourth-order valence-corrected chi connectivity index (χ4v) is 7.18. The molecule has 0 aliphatic carbocycles. The van der Waals surface area contributed by atoms with Gasteiger partial charge in [0.25, 0.3) is 11.6 Å². The van der Waals surface area contributed by atoms with Crippen molar-refractivity contribution in [1.29, 1.82) is 0 Å². The van der Waals surface area contributed by atoms with Crippen LogP contribution in [-0.4, -0.2) is 83.5 Å². The van der Waals surface area contributed by atoms with Crippen LogP contribution >= 0.6 is 0 Å². The molecule has 0 spiro atoms. The molecule has 2 aromatic carbocycles. The molecule has 1 N–H and O–H groups in total. The Kier molecular flexibility index (Phi) is 8.84. The van der Waals surface area contributed by atoms with Crippen molar-refractivity contribution < 1.29 is 37.2 Å². The molecule has 14 heteroatoms. The molecule has 2 heterocycles. The number of aryl methyl sites for hydroxylation is 1. The van der Waals surface area contributed by atoms with E-state index in [1.807, 2.05) is 6.92 Å². The van der Waals surface area contributed by atoms with Gasteiger partial charge in [-0.3, -0.25) is 19.9 Å². The molecule has 13 nitrogen and oxygen atoms in total. The maximum absolute atomic E-state index is 14.5. The highest BCUT2D eigenvalue weighted by molar-refractivity contribution is 7.92. The van der Waals surface area contributed by atoms with Crippen LogP contribution in [0.5, 0.6) is 0 Å². The molecule has 43 heavy (non-hydrogen) atoms. The van der Waals surface area contributed by atoms with Crippen molar-refractivity contribution in [3.63, 3.8) is 0 Å². The summed E-state index contributed by atoms with van der Waals surface area (Å²) in [5, 5.41) is 15.1. The second-order valence-electron chi connectivity index (χ2n) is 11.7. The molecule has 2 aliphatic heterocycles. The minimum atomic E-state index is -4.12. The lowest BCUT2D eigenvalue weighted by molar-refractivity contribution is -0.384. The van der Waals surface area contributed by atoms with Crippen molar-refractivity contribution in [3.8, 4) is 0 Å². The zero-order valence-corrected chi connectivity index (χ0v) is 25.5. The SMILES string of the molecule is CCOC(=O)C1C(S(=O)(=O)c2ccc(C)cc2)CN2CCC(Cc3ccc([N+](=O)[O-])cc3)(NC(=O)OC(C)(C)C)C(=O)N12. The summed E-state index contributed by atoms with van der Waals surface area (Å²) in [7, 11) is -4.12. The maximum Gasteiger partial charge on any atom is 0.408 e. The summed E-state index contributed by atoms with van der Waals surface area (Å²) in [6.07, 6.45) is -0.934. The van der Waals surface area contributed by atoms with E-state index in [0.29, 0.717) is 5.56 Å². The second-order valence-corrected chi connectivity index (χ2v) is 13.9. The fourth-order valence-electron chi connectivity index (χ4n) is 5.39. The quantitative estimate of drug-likeness (QED) is 0.265. The molecule has 2 saturated heterocycles. The fraction of sp³-hybridized carbons (Fsp3) is 0.483. The Morgan fingerprint density at radius 3 is 2.30 bits per heavy atom. The summed E-state index contributed by atoms with van der Waals surface area (Å²) < 4.78 is 38.5. The maximum atomic E-state index is 14.5. The number of nitrogens with one attached hydrogen (secondary N) is 1. The predicted octanol–water partition coefficient (Wildman–Crippen LogP) is 2.95. The van der Waals surface area contributed by atoms with Crippen molar-refractivity contribution in [3.05, 3.63) is 69.8 Å². The van der Waals surface area contributed by atoms with Crippen molar-refractivity contribution >= 4 is 33.5 Å². The van der Waals surface area contributed by atoms with Crippen LogP contribution in [0, 0.1) is 17.0 Å². The first-order valence-corrected chi connectivity index (χ1v) is 15.4. The molecule has 0 aromatic heterocycles. The minimum Gasteiger partial charge on any atom is -0.464 e. The topological polar surface area (TPSA) is 165 Å². The number of hydrazine groups is 1. The van der Waals surface area contributed by atoms with Crippen molar-refractivity contribution in [2.75, 3.05) is 19.7 Å². The zero-order valence-electron chi connectivity index (χ0n) is 24.7. The smallest absolute Gasteiger partial charge is 0.408 e. The molecular formula is C29H36N4O9S. The number of nitro benzene ring substituents is 1. The molecule has 232 valence electrons. The summed E-state index contributed by atoms with van der Waals surface area (Å²) in [5.74, 6) is -1.61. The second kappa shape index (κ2) is 11.9. The average Bonchev–Trinajstić information content (AvgIpc) is 3.32. The first kappa shape index (κ1) is 31.9. The highest BCUT2D eigenvalue weighted by Gasteiger charge is 2.60. The number of alkyl carbamates (subject to hydrolysis) is 1. The molecule has 0 bridgehead atoms. The number of carbonyl (C=O) groups excluding carboxylic acids is 3. The standard InChI is InChI=1S/C29H36N4O9S/c1-6-41-25(34)24-23(43(39,40)22-13-7-19(2)8-14-22)18-31-16-15-29(26(35)32(24)31,30-27(36)42-28(3,4)5)17-20-9-11-21(12-10-20)33(37)38/h7-14,23-24H,6,15-18H2,1-5H3,(H,30,36). The number of hydrogen-bond acceptors (Lipinski definition) is 10. The minimum absolute atomic E-state index is 0.00918. The van der Waals surface area contributed by atoms with E-state index in [1.54, 1.807) is 39.8 Å². The van der Waals surface area contributed by atoms with Gasteiger partial charge in [-0.15, -0.1) is 0 Å². The highest BCUT2D eigenvalue weighted by Crippen LogP contribution is 2.37. The van der Waals surface area contributed by atoms with Crippen LogP contribution in [0.15, 0.2) is 53.4 Å². The van der Waals surface area contributed by atoms with E-state index in [0.717, 1.165) is 10.6 Å². The van der Waals surface area contributed by atoms with Gasteiger partial charge in [-0.1, -0.05) is 29.8 Å². The van der Waals surface area contributed by atoms with Crippen LogP contribution in [0.3, 0.4) is 0 Å². The number of nitrogens with zero attached hydrogens (tertiary/aromatic N) is 3. The van der Waals surface area contributed by atoms with E-state index >= 15 is 0 Å². The van der Waals surface area contributed by atoms with Crippen LogP contribution < -0.4 is 5.32 Å². The summed E-state index contributed by atoms with van der Waals surface area (Å²) >= 11 is 0. The summed E-state index contributed by atoms with van der Waals surface area (Å²) in [6, 6.07) is 10.3. The number of non-ortho nitro benzene ring substituents is 1. The van der Waals surface area contributed by atoms with Gasteiger partial charge in [-0.25, -0.2) is 23.0 Å². The Hall–Kier alpha value is -4.04. The number of hydrogen-bond donors (Lipinski definition) is 1. The van der Waals surface area contributed by atoms with Gasteiger partial charge in [-0.2, -0.15) is 0 Å². The predicted molar refractivity (Wildman–Crippen MR) is 155 cm³/mol. The van der Waals surface area contributed by atoms with E-state index in [-0.39, 0.29) is 43.1 Å². The summed E-state index contributed by atoms with van der Waals surface area (Å²) in [4.78, 5) is 51.6. The van der Waals surface area contributed by atoms with E-state index < -0.39 is 55.2 Å². The van der Waals surface area contributed by atoms with Crippen LogP contribution in [0.1, 0.15) is 45.2 Å². The van der Waals surface area contributed by atoms with Gasteiger partial charge in [-0.05, 0) is 58.7 Å². The number of rotatable bonds is 8. The number of ether oxygens (including phenoxy) is 2. The number of sulfone groups is 1. The average molecular weight is 617 g/mol. The van der Waals surface area contributed by atoms with Crippen LogP contribution in [0.4, 0.5) is 10.5 Å². The number of benzene rings is 2. The third-order valence-electron chi connectivity index (χ3n) is 7.39. The molecular weight excluding hydrogens is 580 g/mol. The lowest BCUT2D eigenvalue weighted by Gasteiger charge is -2.46. The Morgan fingerprint density at radius 1 is 1.12 bits per heavy atom. The number of nitro groups is 1. The van der Waals surface area contributed by atoms with Gasteiger partial charge < -0.3 is 14.8 Å². The lowest BCUT2D eigenvalue weighted by atomic mass is 9.84. The molecule has 3 atom stereocenters. The Bertz CT molecular complexity index is 1500. The normalized spacial score (nSPS) is 22.5. The van der Waals surface area contributed by atoms with Crippen LogP contribution in [0.25, 0.3) is 0 Å². The number of amides is 2. The Balaban J connectivity index is 1.77. The molecule has 2 aromatic rings. The number of fused-ring (bicyclic) bond motifs is 1. The van der Waals surface area contributed by atoms with Gasteiger partial charge in [0.15, 0.2) is 15.9 Å². The van der Waals surface area contributed by atoms with Gasteiger partial charge in [0, 0.05) is 31.6 Å².